The van der Waals surface area contributed by atoms with Gasteiger partial charge in [-0.2, -0.15) is 0 Å². The third kappa shape index (κ3) is 2.44. The van der Waals surface area contributed by atoms with Crippen molar-refractivity contribution in [3.63, 3.8) is 0 Å². The molecular weight excluding hydrogens is 215 g/mol. The Morgan fingerprint density at radius 2 is 2.00 bits per heavy atom. The largest absolute Gasteiger partial charge is 0.371 e. The predicted molar refractivity (Wildman–Crippen MR) is 69.6 cm³/mol. The van der Waals surface area contributed by atoms with Gasteiger partial charge in [0.05, 0.1) is 0 Å². The highest BCUT2D eigenvalue weighted by Gasteiger charge is 2.31. The van der Waals surface area contributed by atoms with E-state index in [0.29, 0.717) is 11.6 Å². The molecule has 1 aliphatic carbocycles. The first-order valence-electron chi connectivity index (χ1n) is 6.29. The maximum Gasteiger partial charge on any atom is 0.130 e. The number of hydrogen-bond donors (Lipinski definition) is 1. The molecule has 2 N–H and O–H groups in total. The second-order valence-corrected chi connectivity index (χ2v) is 5.15. The molecular formula is C14H21FN2. The van der Waals surface area contributed by atoms with E-state index in [0.717, 1.165) is 11.6 Å². The van der Waals surface area contributed by atoms with Gasteiger partial charge in [-0.15, -0.1) is 0 Å². The van der Waals surface area contributed by atoms with Gasteiger partial charge in [-0.1, -0.05) is 6.07 Å². The normalized spacial score (nSPS) is 18.9. The first kappa shape index (κ1) is 12.4. The van der Waals surface area contributed by atoms with E-state index in [4.69, 9.17) is 5.73 Å². The Labute approximate surface area is 103 Å². The molecule has 3 heteroatoms. The summed E-state index contributed by atoms with van der Waals surface area (Å²) in [6.07, 6.45) is 2.57. The molecule has 0 heterocycles. The van der Waals surface area contributed by atoms with Crippen LogP contribution >= 0.6 is 0 Å². The fourth-order valence-electron chi connectivity index (χ4n) is 2.40. The number of nitrogens with zero attached hydrogens (tertiary/aromatic N) is 1. The molecule has 1 aromatic rings. The maximum atomic E-state index is 13.8. The second kappa shape index (κ2) is 4.65. The molecule has 17 heavy (non-hydrogen) atoms. The number of anilines is 1. The van der Waals surface area contributed by atoms with Crippen LogP contribution in [0.1, 0.15) is 38.3 Å². The highest BCUT2D eigenvalue weighted by Crippen LogP contribution is 2.38. The molecule has 0 radical (unpaired) electrons. The molecule has 0 saturated heterocycles. The lowest BCUT2D eigenvalue weighted by Gasteiger charge is -2.30. The summed E-state index contributed by atoms with van der Waals surface area (Å²) < 4.78 is 13.8. The van der Waals surface area contributed by atoms with Gasteiger partial charge in [-0.05, 0) is 44.7 Å². The number of benzene rings is 1. The lowest BCUT2D eigenvalue weighted by Crippen LogP contribution is -2.32. The molecule has 0 aromatic heterocycles. The van der Waals surface area contributed by atoms with Crippen LogP contribution in [0.4, 0.5) is 10.1 Å². The van der Waals surface area contributed by atoms with Crippen molar-refractivity contribution in [1.82, 2.24) is 0 Å². The molecule has 0 aliphatic heterocycles. The Morgan fingerprint density at radius 3 is 2.53 bits per heavy atom. The summed E-state index contributed by atoms with van der Waals surface area (Å²) in [5.74, 6) is 0.552. The Morgan fingerprint density at radius 1 is 1.35 bits per heavy atom. The fraction of sp³-hybridized carbons (Fsp3) is 0.571. The lowest BCUT2D eigenvalue weighted by molar-refractivity contribution is 0.577. The van der Waals surface area contributed by atoms with E-state index in [2.05, 4.69) is 11.8 Å². The molecule has 1 unspecified atom stereocenters. The predicted octanol–water partition coefficient (Wildman–Crippen LogP) is 3.08. The van der Waals surface area contributed by atoms with Crippen LogP contribution in [0.5, 0.6) is 0 Å². The minimum absolute atomic E-state index is 0.202. The van der Waals surface area contributed by atoms with Crippen LogP contribution in [0, 0.1) is 11.7 Å². The minimum Gasteiger partial charge on any atom is -0.371 e. The van der Waals surface area contributed by atoms with Crippen LogP contribution in [0.3, 0.4) is 0 Å². The van der Waals surface area contributed by atoms with Crippen LogP contribution < -0.4 is 10.6 Å². The van der Waals surface area contributed by atoms with Crippen LogP contribution in [-0.4, -0.2) is 13.1 Å². The van der Waals surface area contributed by atoms with Gasteiger partial charge in [-0.25, -0.2) is 4.39 Å². The Kier molecular flexibility index (Phi) is 3.38. The van der Waals surface area contributed by atoms with Crippen molar-refractivity contribution in [2.24, 2.45) is 11.7 Å². The van der Waals surface area contributed by atoms with Crippen molar-refractivity contribution in [2.45, 2.75) is 38.8 Å². The summed E-state index contributed by atoms with van der Waals surface area (Å²) in [5, 5.41) is 0. The van der Waals surface area contributed by atoms with E-state index in [9.17, 15) is 4.39 Å². The average molecular weight is 236 g/mol. The number of halogens is 1. The Bertz CT molecular complexity index is 399. The standard InChI is InChI=1S/C14H21FN2/c1-9(16)14-12(15)5-4-6-13(14)17(3)10(2)11-7-8-11/h4-6,9-11H,7-8,16H2,1-3H3/t9-,10?/m1/s1. The van der Waals surface area contributed by atoms with E-state index >= 15 is 0 Å². The minimum atomic E-state index is -0.278. The van der Waals surface area contributed by atoms with Crippen molar-refractivity contribution in [1.29, 1.82) is 0 Å². The molecule has 2 nitrogen and oxygen atoms in total. The smallest absolute Gasteiger partial charge is 0.130 e. The summed E-state index contributed by atoms with van der Waals surface area (Å²) in [6, 6.07) is 5.37. The van der Waals surface area contributed by atoms with E-state index in [1.54, 1.807) is 6.07 Å². The van der Waals surface area contributed by atoms with Gasteiger partial charge in [0.15, 0.2) is 0 Å². The number of nitrogens with two attached hydrogens (primary N) is 1. The van der Waals surface area contributed by atoms with Gasteiger partial charge in [0, 0.05) is 30.4 Å². The van der Waals surface area contributed by atoms with Crippen LogP contribution in [0.15, 0.2) is 18.2 Å². The second-order valence-electron chi connectivity index (χ2n) is 5.15. The highest BCUT2D eigenvalue weighted by molar-refractivity contribution is 5.55. The fourth-order valence-corrected chi connectivity index (χ4v) is 2.40. The van der Waals surface area contributed by atoms with Gasteiger partial charge < -0.3 is 10.6 Å². The van der Waals surface area contributed by atoms with E-state index in [-0.39, 0.29) is 11.9 Å². The number of rotatable bonds is 4. The molecule has 1 aliphatic rings. The van der Waals surface area contributed by atoms with Gasteiger partial charge >= 0.3 is 0 Å². The van der Waals surface area contributed by atoms with Gasteiger partial charge in [0.2, 0.25) is 0 Å². The molecule has 0 amide bonds. The van der Waals surface area contributed by atoms with Crippen LogP contribution in [0.2, 0.25) is 0 Å². The summed E-state index contributed by atoms with van der Waals surface area (Å²) in [7, 11) is 2.03. The van der Waals surface area contributed by atoms with Gasteiger partial charge in [0.1, 0.15) is 5.82 Å². The molecule has 2 atom stereocenters. The van der Waals surface area contributed by atoms with E-state index < -0.39 is 0 Å². The first-order valence-corrected chi connectivity index (χ1v) is 6.29. The van der Waals surface area contributed by atoms with E-state index in [1.807, 2.05) is 20.0 Å². The quantitative estimate of drug-likeness (QED) is 0.870. The molecule has 1 saturated carbocycles. The zero-order chi connectivity index (χ0) is 12.6. The van der Waals surface area contributed by atoms with Crippen molar-refractivity contribution in [3.8, 4) is 0 Å². The molecule has 0 spiro atoms. The Hall–Kier alpha value is -1.09. The molecule has 1 aromatic carbocycles. The number of hydrogen-bond acceptors (Lipinski definition) is 2. The zero-order valence-electron chi connectivity index (χ0n) is 10.8. The summed E-state index contributed by atoms with van der Waals surface area (Å²) in [6.45, 7) is 4.03. The summed E-state index contributed by atoms with van der Waals surface area (Å²) in [5.41, 5.74) is 7.44. The summed E-state index contributed by atoms with van der Waals surface area (Å²) >= 11 is 0. The van der Waals surface area contributed by atoms with Crippen molar-refractivity contribution < 1.29 is 4.39 Å². The maximum absolute atomic E-state index is 13.8. The van der Waals surface area contributed by atoms with Crippen LogP contribution in [-0.2, 0) is 0 Å². The third-order valence-electron chi connectivity index (χ3n) is 3.78. The summed E-state index contributed by atoms with van der Waals surface area (Å²) in [4.78, 5) is 2.17. The monoisotopic (exact) mass is 236 g/mol. The van der Waals surface area contributed by atoms with Gasteiger partial charge in [0.25, 0.3) is 0 Å². The van der Waals surface area contributed by atoms with Crippen LogP contribution in [0.25, 0.3) is 0 Å². The third-order valence-corrected chi connectivity index (χ3v) is 3.78. The molecule has 1 fully saturated rings. The zero-order valence-corrected chi connectivity index (χ0v) is 10.8. The highest BCUT2D eigenvalue weighted by atomic mass is 19.1. The first-order chi connectivity index (χ1) is 8.02. The van der Waals surface area contributed by atoms with Crippen molar-refractivity contribution >= 4 is 5.69 Å². The van der Waals surface area contributed by atoms with E-state index in [1.165, 1.54) is 18.9 Å². The van der Waals surface area contributed by atoms with Crippen molar-refractivity contribution in [3.05, 3.63) is 29.6 Å². The average Bonchev–Trinajstić information content (AvgIpc) is 3.10. The molecule has 2 rings (SSSR count). The lowest BCUT2D eigenvalue weighted by atomic mass is 10.0. The van der Waals surface area contributed by atoms with Crippen molar-refractivity contribution in [2.75, 3.05) is 11.9 Å². The SMILES string of the molecule is CC(C1CC1)N(C)c1cccc(F)c1[C@@H](C)N. The molecule has 0 bridgehead atoms. The Balaban J connectivity index is 2.33. The molecule has 94 valence electrons. The van der Waals surface area contributed by atoms with Gasteiger partial charge in [-0.3, -0.25) is 0 Å². The topological polar surface area (TPSA) is 29.3 Å².